The van der Waals surface area contributed by atoms with Gasteiger partial charge in [-0.2, -0.15) is 0 Å². The fourth-order valence-electron chi connectivity index (χ4n) is 4.05. The van der Waals surface area contributed by atoms with E-state index in [9.17, 15) is 24.0 Å². The number of carbonyl (C=O) groups excluding carboxylic acids is 4. The zero-order chi connectivity index (χ0) is 27.9. The summed E-state index contributed by atoms with van der Waals surface area (Å²) in [6, 6.07) is 5.49. The van der Waals surface area contributed by atoms with Crippen LogP contribution in [0, 0.1) is 5.92 Å². The van der Waals surface area contributed by atoms with Crippen molar-refractivity contribution in [3.63, 3.8) is 0 Å². The summed E-state index contributed by atoms with van der Waals surface area (Å²) < 4.78 is 5.90. The molecule has 0 bridgehead atoms. The molecule has 0 aliphatic rings. The smallest absolute Gasteiger partial charge is 0.330 e. The Bertz CT molecular complexity index is 1170. The van der Waals surface area contributed by atoms with Crippen molar-refractivity contribution >= 4 is 23.4 Å². The van der Waals surface area contributed by atoms with Crippen LogP contribution in [-0.4, -0.2) is 46.1 Å². The van der Waals surface area contributed by atoms with Crippen LogP contribution in [0.1, 0.15) is 68.3 Å². The second-order valence-corrected chi connectivity index (χ2v) is 9.14. The van der Waals surface area contributed by atoms with Crippen molar-refractivity contribution in [3.05, 3.63) is 76.5 Å². The Balaban J connectivity index is 2.13. The van der Waals surface area contributed by atoms with Gasteiger partial charge in [0.2, 0.25) is 0 Å². The van der Waals surface area contributed by atoms with Crippen molar-refractivity contribution in [1.82, 2.24) is 14.9 Å². The van der Waals surface area contributed by atoms with Gasteiger partial charge in [-0.15, -0.1) is 0 Å². The van der Waals surface area contributed by atoms with Crippen molar-refractivity contribution in [3.8, 4) is 0 Å². The average molecular weight is 524 g/mol. The van der Waals surface area contributed by atoms with Crippen molar-refractivity contribution in [2.75, 3.05) is 7.11 Å². The predicted molar refractivity (Wildman–Crippen MR) is 144 cm³/mol. The first kappa shape index (κ1) is 30.3. The lowest BCUT2D eigenvalue weighted by Crippen LogP contribution is -2.42. The van der Waals surface area contributed by atoms with Gasteiger partial charge in [-0.25, -0.2) is 4.79 Å². The number of pyridine rings is 2. The second kappa shape index (κ2) is 16.1. The summed E-state index contributed by atoms with van der Waals surface area (Å²) in [5.74, 6) is -0.889. The minimum atomic E-state index is -0.903. The number of nitrogens with one attached hydrogen (secondary N) is 1. The van der Waals surface area contributed by atoms with Crippen LogP contribution in [0.15, 0.2) is 59.8 Å². The molecule has 0 spiro atoms. The number of carbonyl (C=O) groups is 4. The molecule has 1 atom stereocenters. The highest BCUT2D eigenvalue weighted by Crippen LogP contribution is 2.15. The minimum Gasteiger partial charge on any atom is -0.466 e. The maximum absolute atomic E-state index is 13.2. The number of nitrogens with zero attached hydrogens (tertiary/aromatic N) is 2. The third-order valence-electron chi connectivity index (χ3n) is 6.49. The number of Topliss-reactive ketones (excluding diaryl/α,β-unsaturated/α-hetero) is 2. The lowest BCUT2D eigenvalue weighted by molar-refractivity contribution is -0.134. The molecule has 0 radical (unpaired) electrons. The van der Waals surface area contributed by atoms with Gasteiger partial charge in [-0.1, -0.05) is 38.8 Å². The molecule has 1 N–H and O–H groups in total. The number of ketones is 2. The highest BCUT2D eigenvalue weighted by Gasteiger charge is 2.22. The van der Waals surface area contributed by atoms with E-state index in [0.717, 1.165) is 19.3 Å². The van der Waals surface area contributed by atoms with E-state index < -0.39 is 23.5 Å². The normalized spacial score (nSPS) is 11.9. The van der Waals surface area contributed by atoms with Crippen molar-refractivity contribution in [2.24, 2.45) is 5.92 Å². The summed E-state index contributed by atoms with van der Waals surface area (Å²) in [7, 11) is 1.26. The number of methoxy groups -OCH3 is 1. The molecule has 0 saturated heterocycles. The second-order valence-electron chi connectivity index (χ2n) is 9.14. The van der Waals surface area contributed by atoms with E-state index in [1.807, 2.05) is 0 Å². The molecule has 0 aliphatic heterocycles. The quantitative estimate of drug-likeness (QED) is 0.264. The van der Waals surface area contributed by atoms with Gasteiger partial charge in [-0.05, 0) is 43.4 Å². The SMILES string of the molecule is CCC(CC)CCC(=O)Cn1cccc(CC(=O)[C@H](CC/C=C/C(=O)OC)NC(=O)c2cccnc2)c1=O. The molecular weight excluding hydrogens is 486 g/mol. The van der Waals surface area contributed by atoms with Crippen LogP contribution in [0.25, 0.3) is 0 Å². The maximum Gasteiger partial charge on any atom is 0.330 e. The fraction of sp³-hybridized carbons (Fsp3) is 0.448. The Labute approximate surface area is 223 Å². The van der Waals surface area contributed by atoms with Gasteiger partial charge >= 0.3 is 5.97 Å². The van der Waals surface area contributed by atoms with Gasteiger partial charge in [-0.3, -0.25) is 24.2 Å². The third kappa shape index (κ3) is 9.88. The molecule has 1 amide bonds. The molecule has 0 fully saturated rings. The maximum atomic E-state index is 13.2. The van der Waals surface area contributed by atoms with Crippen molar-refractivity contribution in [2.45, 2.75) is 71.4 Å². The zero-order valence-corrected chi connectivity index (χ0v) is 22.4. The molecule has 0 aliphatic carbocycles. The number of aromatic nitrogens is 2. The van der Waals surface area contributed by atoms with Crippen LogP contribution in [0.2, 0.25) is 0 Å². The Morgan fingerprint density at radius 3 is 2.53 bits per heavy atom. The first-order valence-electron chi connectivity index (χ1n) is 13.0. The van der Waals surface area contributed by atoms with E-state index in [0.29, 0.717) is 24.3 Å². The molecule has 0 saturated carbocycles. The van der Waals surface area contributed by atoms with Crippen LogP contribution >= 0.6 is 0 Å². The molecular formula is C29H37N3O6. The summed E-state index contributed by atoms with van der Waals surface area (Å²) in [5, 5.41) is 2.72. The highest BCUT2D eigenvalue weighted by atomic mass is 16.5. The van der Waals surface area contributed by atoms with Crippen molar-refractivity contribution in [1.29, 1.82) is 0 Å². The predicted octanol–water partition coefficient (Wildman–Crippen LogP) is 3.45. The molecule has 9 heteroatoms. The third-order valence-corrected chi connectivity index (χ3v) is 6.49. The molecule has 2 aromatic rings. The van der Waals surface area contributed by atoms with E-state index in [2.05, 4.69) is 28.9 Å². The van der Waals surface area contributed by atoms with E-state index in [4.69, 9.17) is 0 Å². The van der Waals surface area contributed by atoms with E-state index >= 15 is 0 Å². The number of hydrogen-bond donors (Lipinski definition) is 1. The molecule has 0 unspecified atom stereocenters. The number of ether oxygens (including phenoxy) is 1. The Hall–Kier alpha value is -3.88. The molecule has 2 rings (SSSR count). The van der Waals surface area contributed by atoms with E-state index in [-0.39, 0.29) is 36.5 Å². The molecule has 204 valence electrons. The summed E-state index contributed by atoms with van der Waals surface area (Å²) >= 11 is 0. The Morgan fingerprint density at radius 2 is 1.87 bits per heavy atom. The summed E-state index contributed by atoms with van der Waals surface area (Å²) in [6.07, 6.45) is 10.8. The molecule has 2 heterocycles. The number of esters is 1. The van der Waals surface area contributed by atoms with Crippen LogP contribution in [0.4, 0.5) is 0 Å². The largest absolute Gasteiger partial charge is 0.466 e. The van der Waals surface area contributed by atoms with E-state index in [1.54, 1.807) is 36.5 Å². The van der Waals surface area contributed by atoms with Gasteiger partial charge in [0.25, 0.3) is 11.5 Å². The highest BCUT2D eigenvalue weighted by molar-refractivity contribution is 5.98. The summed E-state index contributed by atoms with van der Waals surface area (Å²) in [6.45, 7) is 4.16. The van der Waals surface area contributed by atoms with Crippen LogP contribution in [0.3, 0.4) is 0 Å². The van der Waals surface area contributed by atoms with Gasteiger partial charge in [0, 0.05) is 43.1 Å². The van der Waals surface area contributed by atoms with Crippen LogP contribution in [-0.2, 0) is 32.1 Å². The van der Waals surface area contributed by atoms with Gasteiger partial charge in [0.1, 0.15) is 0 Å². The molecule has 2 aromatic heterocycles. The standard InChI is InChI=1S/C29H37N3O6/c1-4-21(5-2)14-15-24(33)20-32-17-9-11-22(29(32)37)18-26(34)25(12-6-7-13-27(35)38-3)31-28(36)23-10-8-16-30-19-23/h7-11,13,16-17,19,21,25H,4-6,12,14-15,18,20H2,1-3H3,(H,31,36)/b13-7+/t25-/m0/s1. The first-order valence-corrected chi connectivity index (χ1v) is 13.0. The first-order chi connectivity index (χ1) is 18.3. The van der Waals surface area contributed by atoms with Gasteiger partial charge < -0.3 is 14.6 Å². The molecule has 0 aromatic carbocycles. The zero-order valence-electron chi connectivity index (χ0n) is 22.4. The number of allylic oxidation sites excluding steroid dienone is 1. The van der Waals surface area contributed by atoms with Gasteiger partial charge in [0.15, 0.2) is 11.6 Å². The molecule has 9 nitrogen and oxygen atoms in total. The number of hydrogen-bond acceptors (Lipinski definition) is 7. The topological polar surface area (TPSA) is 124 Å². The van der Waals surface area contributed by atoms with Gasteiger partial charge in [0.05, 0.1) is 25.3 Å². The minimum absolute atomic E-state index is 0.0264. The summed E-state index contributed by atoms with van der Waals surface area (Å²) in [5.41, 5.74) is 0.139. The van der Waals surface area contributed by atoms with Crippen molar-refractivity contribution < 1.29 is 23.9 Å². The van der Waals surface area contributed by atoms with Crippen LogP contribution in [0.5, 0.6) is 0 Å². The number of amides is 1. The molecule has 38 heavy (non-hydrogen) atoms. The summed E-state index contributed by atoms with van der Waals surface area (Å²) in [4.78, 5) is 66.7. The van der Waals surface area contributed by atoms with E-state index in [1.165, 1.54) is 30.1 Å². The average Bonchev–Trinajstić information content (AvgIpc) is 2.93. The fourth-order valence-corrected chi connectivity index (χ4v) is 4.05. The number of rotatable bonds is 16. The Kier molecular flexibility index (Phi) is 12.8. The van der Waals surface area contributed by atoms with Crippen LogP contribution < -0.4 is 10.9 Å². The lowest BCUT2D eigenvalue weighted by Gasteiger charge is -2.17. The monoisotopic (exact) mass is 523 g/mol. The lowest BCUT2D eigenvalue weighted by atomic mass is 9.96. The Morgan fingerprint density at radius 1 is 1.11 bits per heavy atom.